The predicted octanol–water partition coefficient (Wildman–Crippen LogP) is -0.0484. The fourth-order valence-corrected chi connectivity index (χ4v) is 3.60. The van der Waals surface area contributed by atoms with Crippen LogP contribution in [-0.2, 0) is 16.6 Å². The number of aromatic nitrogens is 3. The summed E-state index contributed by atoms with van der Waals surface area (Å²) < 4.78 is 27.3. The summed E-state index contributed by atoms with van der Waals surface area (Å²) >= 11 is 0. The van der Waals surface area contributed by atoms with Crippen LogP contribution in [0.2, 0.25) is 0 Å². The van der Waals surface area contributed by atoms with Gasteiger partial charge in [-0.1, -0.05) is 11.2 Å². The first kappa shape index (κ1) is 17.3. The van der Waals surface area contributed by atoms with Gasteiger partial charge in [0.2, 0.25) is 21.7 Å². The summed E-state index contributed by atoms with van der Waals surface area (Å²) in [4.78, 5) is 22.0. The number of nitrogens with one attached hydrogen (secondary N) is 1. The lowest BCUT2D eigenvalue weighted by Gasteiger charge is -2.16. The zero-order valence-corrected chi connectivity index (χ0v) is 14.1. The number of carbonyl (C=O) groups excluding carboxylic acids is 1. The van der Waals surface area contributed by atoms with Crippen molar-refractivity contribution in [3.05, 3.63) is 30.3 Å². The Balaban J connectivity index is 1.51. The molecule has 3 N–H and O–H groups in total. The summed E-state index contributed by atoms with van der Waals surface area (Å²) in [5.41, 5.74) is 0.578. The fraction of sp³-hybridized carbons (Fsp3) is 0.429. The third-order valence-electron chi connectivity index (χ3n) is 3.79. The SMILES string of the molecule is NS(=O)(=O)C[C@H]1CCN(C(=O)NCc2nc(-c3ccccn3)no2)C1. The lowest BCUT2D eigenvalue weighted by Crippen LogP contribution is -2.38. The number of hydrogen-bond acceptors (Lipinski definition) is 7. The zero-order chi connectivity index (χ0) is 17.9. The monoisotopic (exact) mass is 366 g/mol. The fourth-order valence-electron chi connectivity index (χ4n) is 2.67. The Labute approximate surface area is 144 Å². The van der Waals surface area contributed by atoms with Crippen LogP contribution in [0.25, 0.3) is 11.5 Å². The Bertz CT molecular complexity index is 838. The average Bonchev–Trinajstić information content (AvgIpc) is 3.21. The number of urea groups is 1. The molecule has 1 aliphatic heterocycles. The zero-order valence-electron chi connectivity index (χ0n) is 13.3. The minimum atomic E-state index is -3.53. The van der Waals surface area contributed by atoms with Crippen molar-refractivity contribution in [2.24, 2.45) is 11.1 Å². The van der Waals surface area contributed by atoms with Crippen LogP contribution in [0.4, 0.5) is 4.79 Å². The van der Waals surface area contributed by atoms with E-state index in [0.29, 0.717) is 31.0 Å². The largest absolute Gasteiger partial charge is 0.337 e. The van der Waals surface area contributed by atoms with Gasteiger partial charge in [0.25, 0.3) is 0 Å². The van der Waals surface area contributed by atoms with Crippen LogP contribution in [0.3, 0.4) is 0 Å². The van der Waals surface area contributed by atoms with Crippen molar-refractivity contribution in [2.45, 2.75) is 13.0 Å². The second-order valence-electron chi connectivity index (χ2n) is 5.82. The molecule has 2 aromatic heterocycles. The molecule has 0 unspecified atom stereocenters. The third kappa shape index (κ3) is 4.73. The second-order valence-corrected chi connectivity index (χ2v) is 7.47. The summed E-state index contributed by atoms with van der Waals surface area (Å²) in [6.07, 6.45) is 2.23. The van der Waals surface area contributed by atoms with Crippen molar-refractivity contribution in [1.29, 1.82) is 0 Å². The number of carbonyl (C=O) groups is 1. The minimum Gasteiger partial charge on any atom is -0.337 e. The number of nitrogens with two attached hydrogens (primary N) is 1. The normalized spacial score (nSPS) is 17.6. The number of amides is 2. The molecular formula is C14H18N6O4S. The maximum absolute atomic E-state index is 12.1. The molecule has 0 aromatic carbocycles. The molecule has 3 rings (SSSR count). The van der Waals surface area contributed by atoms with Gasteiger partial charge in [-0.2, -0.15) is 4.98 Å². The van der Waals surface area contributed by atoms with Crippen molar-refractivity contribution >= 4 is 16.1 Å². The number of hydrogen-bond donors (Lipinski definition) is 2. The Hall–Kier alpha value is -2.53. The van der Waals surface area contributed by atoms with Gasteiger partial charge < -0.3 is 14.7 Å². The molecular weight excluding hydrogens is 348 g/mol. The van der Waals surface area contributed by atoms with Crippen LogP contribution in [0.5, 0.6) is 0 Å². The van der Waals surface area contributed by atoms with Gasteiger partial charge in [0.15, 0.2) is 0 Å². The maximum atomic E-state index is 12.1. The van der Waals surface area contributed by atoms with Gasteiger partial charge in [-0.25, -0.2) is 18.4 Å². The first-order chi connectivity index (χ1) is 11.9. The van der Waals surface area contributed by atoms with Gasteiger partial charge in [-0.05, 0) is 24.5 Å². The van der Waals surface area contributed by atoms with Gasteiger partial charge in [-0.15, -0.1) is 0 Å². The van der Waals surface area contributed by atoms with Gasteiger partial charge in [0.1, 0.15) is 5.69 Å². The van der Waals surface area contributed by atoms with Crippen molar-refractivity contribution in [3.63, 3.8) is 0 Å². The number of likely N-dealkylation sites (tertiary alicyclic amines) is 1. The number of rotatable bonds is 5. The van der Waals surface area contributed by atoms with Crippen LogP contribution in [0, 0.1) is 5.92 Å². The molecule has 25 heavy (non-hydrogen) atoms. The Morgan fingerprint density at radius 3 is 3.00 bits per heavy atom. The maximum Gasteiger partial charge on any atom is 0.317 e. The number of nitrogens with zero attached hydrogens (tertiary/aromatic N) is 4. The van der Waals surface area contributed by atoms with Crippen molar-refractivity contribution < 1.29 is 17.7 Å². The van der Waals surface area contributed by atoms with Crippen LogP contribution < -0.4 is 10.5 Å². The van der Waals surface area contributed by atoms with Gasteiger partial charge in [0.05, 0.1) is 12.3 Å². The van der Waals surface area contributed by atoms with E-state index in [2.05, 4.69) is 20.4 Å². The lowest BCUT2D eigenvalue weighted by atomic mass is 10.2. The molecule has 1 aliphatic rings. The molecule has 0 saturated carbocycles. The summed E-state index contributed by atoms with van der Waals surface area (Å²) in [5, 5.41) is 11.5. The highest BCUT2D eigenvalue weighted by atomic mass is 32.2. The predicted molar refractivity (Wildman–Crippen MR) is 87.4 cm³/mol. The number of pyridine rings is 1. The molecule has 0 spiro atoms. The summed E-state index contributed by atoms with van der Waals surface area (Å²) in [7, 11) is -3.53. The van der Waals surface area contributed by atoms with Crippen LogP contribution >= 0.6 is 0 Å². The third-order valence-corrected chi connectivity index (χ3v) is 4.73. The van der Waals surface area contributed by atoms with E-state index in [4.69, 9.17) is 9.66 Å². The highest BCUT2D eigenvalue weighted by molar-refractivity contribution is 7.89. The molecule has 10 nitrogen and oxygen atoms in total. The molecule has 3 heterocycles. The molecule has 2 aromatic rings. The summed E-state index contributed by atoms with van der Waals surface area (Å²) in [6, 6.07) is 5.04. The lowest BCUT2D eigenvalue weighted by molar-refractivity contribution is 0.205. The minimum absolute atomic E-state index is 0.0784. The van der Waals surface area contributed by atoms with E-state index in [1.807, 2.05) is 6.07 Å². The van der Waals surface area contributed by atoms with Crippen molar-refractivity contribution in [2.75, 3.05) is 18.8 Å². The summed E-state index contributed by atoms with van der Waals surface area (Å²) in [5.74, 6) is 0.349. The van der Waals surface area contributed by atoms with Crippen molar-refractivity contribution in [3.8, 4) is 11.5 Å². The second kappa shape index (κ2) is 7.15. The van der Waals surface area contributed by atoms with E-state index in [1.165, 1.54) is 0 Å². The molecule has 134 valence electrons. The number of sulfonamides is 1. The molecule has 11 heteroatoms. The quantitative estimate of drug-likeness (QED) is 0.755. The molecule has 0 bridgehead atoms. The molecule has 2 amide bonds. The Kier molecular flexibility index (Phi) is 4.95. The van der Waals surface area contributed by atoms with Gasteiger partial charge >= 0.3 is 6.03 Å². The topological polar surface area (TPSA) is 144 Å². The van der Waals surface area contributed by atoms with Gasteiger partial charge in [-0.3, -0.25) is 4.98 Å². The van der Waals surface area contributed by atoms with Crippen LogP contribution in [-0.4, -0.2) is 53.3 Å². The van der Waals surface area contributed by atoms with E-state index in [9.17, 15) is 13.2 Å². The number of primary sulfonamides is 1. The Morgan fingerprint density at radius 1 is 1.44 bits per heavy atom. The highest BCUT2D eigenvalue weighted by Gasteiger charge is 2.28. The molecule has 0 aliphatic carbocycles. The first-order valence-electron chi connectivity index (χ1n) is 7.68. The molecule has 1 atom stereocenters. The molecule has 0 radical (unpaired) electrons. The van der Waals surface area contributed by atoms with Crippen molar-refractivity contribution in [1.82, 2.24) is 25.3 Å². The molecule has 1 fully saturated rings. The molecule has 1 saturated heterocycles. The van der Waals surface area contributed by atoms with Crippen LogP contribution in [0.15, 0.2) is 28.9 Å². The Morgan fingerprint density at radius 2 is 2.28 bits per heavy atom. The standard InChI is InChI=1S/C14H18N6O4S/c15-25(22,23)9-10-4-6-20(8-10)14(21)17-7-12-18-13(19-24-12)11-3-1-2-5-16-11/h1-3,5,10H,4,6-9H2,(H,17,21)(H2,15,22,23)/t10-/m0/s1. The van der Waals surface area contributed by atoms with E-state index in [-0.39, 0.29) is 30.1 Å². The van der Waals surface area contributed by atoms with E-state index < -0.39 is 10.0 Å². The van der Waals surface area contributed by atoms with Gasteiger partial charge in [0, 0.05) is 19.3 Å². The van der Waals surface area contributed by atoms with E-state index >= 15 is 0 Å². The van der Waals surface area contributed by atoms with E-state index in [0.717, 1.165) is 0 Å². The first-order valence-corrected chi connectivity index (χ1v) is 9.39. The van der Waals surface area contributed by atoms with Crippen LogP contribution in [0.1, 0.15) is 12.3 Å². The average molecular weight is 366 g/mol. The highest BCUT2D eigenvalue weighted by Crippen LogP contribution is 2.17. The van der Waals surface area contributed by atoms with E-state index in [1.54, 1.807) is 23.2 Å². The summed E-state index contributed by atoms with van der Waals surface area (Å²) in [6.45, 7) is 0.912. The smallest absolute Gasteiger partial charge is 0.317 e.